The Hall–Kier alpha value is -6.03. The Kier molecular flexibility index (Phi) is 11.9. The van der Waals surface area contributed by atoms with Crippen molar-refractivity contribution in [1.82, 2.24) is 0 Å². The van der Waals surface area contributed by atoms with Gasteiger partial charge >= 0.3 is 5.97 Å². The van der Waals surface area contributed by atoms with Gasteiger partial charge in [-0.2, -0.15) is 5.26 Å². The number of hydrogen-bond donors (Lipinski definition) is 1. The number of fused-ring (bicyclic) bond motifs is 2. The maximum atomic E-state index is 11.7. The standard InChI is InChI=1S/C52H51N3O2S/c1-6-7-8-15-32-54-46-30-20-37(33-38(36-53)50(56)57)34-48(46)58-49-35-45(29-31-47(49)54)55(43-25-21-41(22-26-43)51(2,3)39-16-11-9-12-17-39)44-27-23-42(24-28-44)52(4,5)40-18-13-10-14-19-40/h9-14,16-31,33-35H,6-8,15,32H2,1-5H3,(H,56,57)/b38-33-. The Balaban J connectivity index is 1.31. The van der Waals surface area contributed by atoms with Crippen LogP contribution in [0.4, 0.5) is 28.4 Å². The van der Waals surface area contributed by atoms with Crippen LogP contribution in [0.1, 0.15) is 88.1 Å². The molecule has 1 aliphatic rings. The lowest BCUT2D eigenvalue weighted by atomic mass is 9.78. The first-order valence-corrected chi connectivity index (χ1v) is 21.0. The van der Waals surface area contributed by atoms with Crippen molar-refractivity contribution in [2.45, 2.75) is 80.9 Å². The lowest BCUT2D eigenvalue weighted by Crippen LogP contribution is -2.22. The van der Waals surface area contributed by atoms with E-state index in [0.717, 1.165) is 64.0 Å². The summed E-state index contributed by atoms with van der Waals surface area (Å²) in [6.07, 6.45) is 6.01. The fourth-order valence-electron chi connectivity index (χ4n) is 7.91. The second kappa shape index (κ2) is 17.2. The number of unbranched alkanes of at least 4 members (excludes halogenated alkanes) is 3. The van der Waals surface area contributed by atoms with Crippen LogP contribution < -0.4 is 9.80 Å². The summed E-state index contributed by atoms with van der Waals surface area (Å²) >= 11 is 1.69. The number of carboxylic acid groups (broad SMARTS) is 1. The molecule has 1 N–H and O–H groups in total. The number of carbonyl (C=O) groups is 1. The van der Waals surface area contributed by atoms with Crippen LogP contribution in [-0.2, 0) is 15.6 Å². The quantitative estimate of drug-likeness (QED) is 0.0674. The maximum Gasteiger partial charge on any atom is 0.346 e. The fraction of sp³-hybridized carbons (Fsp3) is 0.231. The minimum Gasteiger partial charge on any atom is -0.477 e. The molecule has 6 heteroatoms. The topological polar surface area (TPSA) is 67.6 Å². The van der Waals surface area contributed by atoms with Crippen molar-refractivity contribution in [3.63, 3.8) is 0 Å². The van der Waals surface area contributed by atoms with Crippen molar-refractivity contribution in [3.05, 3.63) is 179 Å². The molecule has 0 atom stereocenters. The summed E-state index contributed by atoms with van der Waals surface area (Å²) in [6.45, 7) is 12.2. The summed E-state index contributed by atoms with van der Waals surface area (Å²) in [5, 5.41) is 19.0. The minimum atomic E-state index is -1.23. The first kappa shape index (κ1) is 40.2. The lowest BCUT2D eigenvalue weighted by molar-refractivity contribution is -0.132. The molecule has 1 heterocycles. The molecule has 1 aliphatic heterocycles. The van der Waals surface area contributed by atoms with E-state index in [0.29, 0.717) is 5.56 Å². The third kappa shape index (κ3) is 8.33. The Morgan fingerprint density at radius 2 is 1.14 bits per heavy atom. The zero-order chi connectivity index (χ0) is 40.9. The van der Waals surface area contributed by atoms with Gasteiger partial charge in [-0.15, -0.1) is 0 Å². The van der Waals surface area contributed by atoms with Gasteiger partial charge in [-0.1, -0.05) is 157 Å². The molecule has 0 aromatic heterocycles. The normalized spacial score (nSPS) is 12.7. The average molecular weight is 782 g/mol. The number of benzene rings is 6. The molecule has 0 saturated carbocycles. The number of anilines is 5. The molecule has 0 spiro atoms. The molecule has 7 rings (SSSR count). The van der Waals surface area contributed by atoms with Gasteiger partial charge in [0.1, 0.15) is 11.6 Å². The Morgan fingerprint density at radius 3 is 1.64 bits per heavy atom. The number of carboxylic acids is 1. The molecule has 0 amide bonds. The summed E-state index contributed by atoms with van der Waals surface area (Å²) in [4.78, 5) is 18.6. The van der Waals surface area contributed by atoms with Crippen molar-refractivity contribution in [1.29, 1.82) is 5.26 Å². The van der Waals surface area contributed by atoms with Crippen molar-refractivity contribution < 1.29 is 9.90 Å². The van der Waals surface area contributed by atoms with Crippen LogP contribution in [0.15, 0.2) is 161 Å². The number of hydrogen-bond acceptors (Lipinski definition) is 5. The Morgan fingerprint density at radius 1 is 0.655 bits per heavy atom. The first-order valence-electron chi connectivity index (χ1n) is 20.2. The predicted molar refractivity (Wildman–Crippen MR) is 241 cm³/mol. The van der Waals surface area contributed by atoms with Gasteiger partial charge in [0.15, 0.2) is 0 Å². The van der Waals surface area contributed by atoms with Gasteiger partial charge in [0.25, 0.3) is 0 Å². The third-order valence-corrected chi connectivity index (χ3v) is 12.7. The highest BCUT2D eigenvalue weighted by Crippen LogP contribution is 2.51. The molecule has 5 nitrogen and oxygen atoms in total. The van der Waals surface area contributed by atoms with Crippen LogP contribution in [0.25, 0.3) is 6.08 Å². The van der Waals surface area contributed by atoms with Crippen molar-refractivity contribution in [3.8, 4) is 6.07 Å². The van der Waals surface area contributed by atoms with Crippen molar-refractivity contribution in [2.24, 2.45) is 0 Å². The first-order chi connectivity index (χ1) is 28.0. The van der Waals surface area contributed by atoms with E-state index in [1.54, 1.807) is 11.8 Å². The van der Waals surface area contributed by atoms with Gasteiger partial charge in [-0.3, -0.25) is 0 Å². The van der Waals surface area contributed by atoms with E-state index in [1.165, 1.54) is 34.8 Å². The maximum absolute atomic E-state index is 11.7. The summed E-state index contributed by atoms with van der Waals surface area (Å²) in [6, 6.07) is 53.8. The Bertz CT molecular complexity index is 2350. The minimum absolute atomic E-state index is 0.168. The van der Waals surface area contributed by atoms with E-state index in [4.69, 9.17) is 0 Å². The molecule has 6 aromatic rings. The molecule has 292 valence electrons. The smallest absolute Gasteiger partial charge is 0.346 e. The second-order valence-corrected chi connectivity index (χ2v) is 17.2. The van der Waals surface area contributed by atoms with E-state index in [2.05, 4.69) is 178 Å². The predicted octanol–water partition coefficient (Wildman–Crippen LogP) is 14.0. The van der Waals surface area contributed by atoms with Gasteiger partial charge in [-0.25, -0.2) is 4.79 Å². The van der Waals surface area contributed by atoms with Gasteiger partial charge in [-0.05, 0) is 94.9 Å². The van der Waals surface area contributed by atoms with E-state index in [-0.39, 0.29) is 16.4 Å². The fourth-order valence-corrected chi connectivity index (χ4v) is 9.09. The zero-order valence-electron chi connectivity index (χ0n) is 34.1. The van der Waals surface area contributed by atoms with Crippen molar-refractivity contribution >= 4 is 52.2 Å². The number of nitrogens with zero attached hydrogens (tertiary/aromatic N) is 3. The average Bonchev–Trinajstić information content (AvgIpc) is 3.24. The highest BCUT2D eigenvalue weighted by molar-refractivity contribution is 7.99. The largest absolute Gasteiger partial charge is 0.477 e. The number of rotatable bonds is 14. The second-order valence-electron chi connectivity index (χ2n) is 16.1. The third-order valence-electron chi connectivity index (χ3n) is 11.6. The highest BCUT2D eigenvalue weighted by atomic mass is 32.2. The van der Waals surface area contributed by atoms with Crippen LogP contribution in [-0.4, -0.2) is 17.6 Å². The molecule has 0 aliphatic carbocycles. The molecule has 58 heavy (non-hydrogen) atoms. The molecule has 0 saturated heterocycles. The van der Waals surface area contributed by atoms with Gasteiger partial charge in [0.2, 0.25) is 0 Å². The molecular weight excluding hydrogens is 731 g/mol. The zero-order valence-corrected chi connectivity index (χ0v) is 34.9. The molecule has 0 radical (unpaired) electrons. The van der Waals surface area contributed by atoms with Crippen LogP contribution in [0.5, 0.6) is 0 Å². The molecule has 0 unspecified atom stereocenters. The molecular formula is C52H51N3O2S. The summed E-state index contributed by atoms with van der Waals surface area (Å²) in [7, 11) is 0. The van der Waals surface area contributed by atoms with E-state index < -0.39 is 5.97 Å². The van der Waals surface area contributed by atoms with E-state index in [1.807, 2.05) is 18.2 Å². The van der Waals surface area contributed by atoms with Gasteiger partial charge in [0.05, 0.1) is 11.4 Å². The van der Waals surface area contributed by atoms with E-state index in [9.17, 15) is 15.2 Å². The summed E-state index contributed by atoms with van der Waals surface area (Å²) in [5.41, 5.74) is 10.5. The van der Waals surface area contributed by atoms with Crippen LogP contribution in [0.2, 0.25) is 0 Å². The van der Waals surface area contributed by atoms with E-state index >= 15 is 0 Å². The summed E-state index contributed by atoms with van der Waals surface area (Å²) < 4.78 is 0. The molecule has 0 bridgehead atoms. The highest BCUT2D eigenvalue weighted by Gasteiger charge is 2.28. The lowest BCUT2D eigenvalue weighted by Gasteiger charge is -2.35. The monoisotopic (exact) mass is 781 g/mol. The summed E-state index contributed by atoms with van der Waals surface area (Å²) in [5.74, 6) is -1.23. The SMILES string of the molecule is CCCCCCN1c2ccc(/C=C(/C#N)C(=O)O)cc2Sc2cc(N(c3ccc(C(C)(C)c4ccccc4)cc3)c3ccc(C(C)(C)c4ccccc4)cc3)ccc21. The molecule has 6 aromatic carbocycles. The Labute approximate surface area is 348 Å². The molecule has 0 fully saturated rings. The van der Waals surface area contributed by atoms with Crippen LogP contribution in [0, 0.1) is 11.3 Å². The number of nitriles is 1. The van der Waals surface area contributed by atoms with Crippen molar-refractivity contribution in [2.75, 3.05) is 16.3 Å². The van der Waals surface area contributed by atoms with Gasteiger partial charge in [0, 0.05) is 44.2 Å². The number of aliphatic carboxylic acids is 1. The van der Waals surface area contributed by atoms with Crippen LogP contribution in [0.3, 0.4) is 0 Å². The van der Waals surface area contributed by atoms with Gasteiger partial charge < -0.3 is 14.9 Å². The van der Waals surface area contributed by atoms with Crippen LogP contribution >= 0.6 is 11.8 Å².